The third-order valence-electron chi connectivity index (χ3n) is 4.76. The summed E-state index contributed by atoms with van der Waals surface area (Å²) in [5.41, 5.74) is 6.32. The van der Waals surface area contributed by atoms with E-state index in [1.165, 1.54) is 0 Å². The van der Waals surface area contributed by atoms with Crippen molar-refractivity contribution in [2.75, 3.05) is 6.54 Å². The molecular weight excluding hydrogens is 338 g/mol. The van der Waals surface area contributed by atoms with Gasteiger partial charge in [-0.2, -0.15) is 0 Å². The third-order valence-corrected chi connectivity index (χ3v) is 5.08. The van der Waals surface area contributed by atoms with Crippen LogP contribution in [-0.2, 0) is 6.42 Å². The molecule has 0 aliphatic heterocycles. The highest BCUT2D eigenvalue weighted by atomic mass is 35.5. The molecule has 1 saturated carbocycles. The quantitative estimate of drug-likeness (QED) is 0.828. The second kappa shape index (κ2) is 7.54. The van der Waals surface area contributed by atoms with E-state index in [4.69, 9.17) is 17.3 Å². The highest BCUT2D eigenvalue weighted by Gasteiger charge is 2.35. The predicted molar refractivity (Wildman–Crippen MR) is 98.1 cm³/mol. The maximum atomic E-state index is 12.7. The van der Waals surface area contributed by atoms with Gasteiger partial charge < -0.3 is 11.1 Å². The van der Waals surface area contributed by atoms with Crippen molar-refractivity contribution in [1.29, 1.82) is 0 Å². The van der Waals surface area contributed by atoms with Crippen LogP contribution in [0.3, 0.4) is 0 Å². The number of aryl methyl sites for hydroxylation is 1. The maximum Gasteiger partial charge on any atom is 0.291 e. The first-order valence-electron chi connectivity index (χ1n) is 8.82. The van der Waals surface area contributed by atoms with E-state index < -0.39 is 0 Å². The van der Waals surface area contributed by atoms with Gasteiger partial charge in [-0.3, -0.25) is 4.79 Å². The van der Waals surface area contributed by atoms with Crippen LogP contribution in [0.2, 0.25) is 5.02 Å². The number of nitrogens with one attached hydrogen (secondary N) is 1. The first kappa shape index (κ1) is 17.9. The highest BCUT2D eigenvalue weighted by Crippen LogP contribution is 2.29. The number of benzene rings is 1. The number of hydrogen-bond acceptors (Lipinski definition) is 4. The molecular formula is C18H24ClN5O. The molecule has 3 N–H and O–H groups in total. The summed E-state index contributed by atoms with van der Waals surface area (Å²) in [5.74, 6) is 0.632. The van der Waals surface area contributed by atoms with Gasteiger partial charge in [0.15, 0.2) is 0 Å². The van der Waals surface area contributed by atoms with E-state index in [9.17, 15) is 4.79 Å². The molecule has 2 aromatic rings. The van der Waals surface area contributed by atoms with Gasteiger partial charge in [-0.25, -0.2) is 9.67 Å². The smallest absolute Gasteiger partial charge is 0.291 e. The van der Waals surface area contributed by atoms with Gasteiger partial charge in [0, 0.05) is 13.0 Å². The number of rotatable bonds is 6. The third kappa shape index (κ3) is 3.70. The van der Waals surface area contributed by atoms with Crippen molar-refractivity contribution in [1.82, 2.24) is 20.1 Å². The van der Waals surface area contributed by atoms with Gasteiger partial charge in [-0.1, -0.05) is 43.5 Å². The van der Waals surface area contributed by atoms with Crippen LogP contribution in [0.4, 0.5) is 0 Å². The van der Waals surface area contributed by atoms with Crippen molar-refractivity contribution in [2.24, 2.45) is 5.73 Å². The lowest BCUT2D eigenvalue weighted by atomic mass is 9.98. The molecule has 1 aliphatic carbocycles. The van der Waals surface area contributed by atoms with Gasteiger partial charge in [0.05, 0.1) is 16.2 Å². The molecule has 134 valence electrons. The Labute approximate surface area is 152 Å². The van der Waals surface area contributed by atoms with Crippen LogP contribution >= 0.6 is 11.6 Å². The van der Waals surface area contributed by atoms with Crippen LogP contribution in [0.15, 0.2) is 24.3 Å². The summed E-state index contributed by atoms with van der Waals surface area (Å²) in [7, 11) is 0. The number of carbonyl (C=O) groups excluding carboxylic acids is 1. The molecule has 3 rings (SSSR count). The highest BCUT2D eigenvalue weighted by molar-refractivity contribution is 6.32. The van der Waals surface area contributed by atoms with Crippen LogP contribution in [0.5, 0.6) is 0 Å². The van der Waals surface area contributed by atoms with E-state index in [1.807, 2.05) is 18.2 Å². The van der Waals surface area contributed by atoms with Gasteiger partial charge in [0.2, 0.25) is 5.82 Å². The minimum atomic E-state index is -0.322. The Hall–Kier alpha value is -1.92. The molecule has 1 aliphatic rings. The number of para-hydroxylation sites is 1. The van der Waals surface area contributed by atoms with Gasteiger partial charge >= 0.3 is 0 Å². The zero-order valence-corrected chi connectivity index (χ0v) is 15.2. The second-order valence-electron chi connectivity index (χ2n) is 6.61. The fraction of sp³-hybridized carbons (Fsp3) is 0.500. The SMILES string of the molecule is CCCc1nc(C(=O)NC2(CN)CCCC2)nn1-c1ccccc1Cl. The normalized spacial score (nSPS) is 16.1. The Morgan fingerprint density at radius 2 is 2.08 bits per heavy atom. The standard InChI is InChI=1S/C18H24ClN5O/c1-2-7-15-21-16(17(25)22-18(12-20)10-5-6-11-18)23-24(15)14-9-4-3-8-13(14)19/h3-4,8-9H,2,5-7,10-12,20H2,1H3,(H,22,25). The molecule has 1 aromatic carbocycles. The first-order valence-corrected chi connectivity index (χ1v) is 9.20. The van der Waals surface area contributed by atoms with Crippen molar-refractivity contribution in [3.8, 4) is 5.69 Å². The maximum absolute atomic E-state index is 12.7. The average Bonchev–Trinajstić information content (AvgIpc) is 3.24. The zero-order chi connectivity index (χ0) is 17.9. The predicted octanol–water partition coefficient (Wildman–Crippen LogP) is 2.87. The Balaban J connectivity index is 1.91. The molecule has 1 amide bonds. The molecule has 7 heteroatoms. The average molecular weight is 362 g/mol. The lowest BCUT2D eigenvalue weighted by Crippen LogP contribution is -2.51. The second-order valence-corrected chi connectivity index (χ2v) is 7.02. The summed E-state index contributed by atoms with van der Waals surface area (Å²) in [6, 6.07) is 7.42. The molecule has 0 spiro atoms. The summed E-state index contributed by atoms with van der Waals surface area (Å²) in [4.78, 5) is 17.2. The summed E-state index contributed by atoms with van der Waals surface area (Å²) < 4.78 is 1.67. The van der Waals surface area contributed by atoms with Crippen LogP contribution in [0.1, 0.15) is 55.5 Å². The number of halogens is 1. The van der Waals surface area contributed by atoms with Crippen LogP contribution in [0, 0.1) is 0 Å². The Morgan fingerprint density at radius 3 is 2.72 bits per heavy atom. The van der Waals surface area contributed by atoms with Crippen molar-refractivity contribution in [2.45, 2.75) is 51.0 Å². The van der Waals surface area contributed by atoms with Gasteiger partial charge in [0.25, 0.3) is 5.91 Å². The van der Waals surface area contributed by atoms with E-state index in [1.54, 1.807) is 10.7 Å². The van der Waals surface area contributed by atoms with Crippen LogP contribution < -0.4 is 11.1 Å². The summed E-state index contributed by atoms with van der Waals surface area (Å²) >= 11 is 6.30. The van der Waals surface area contributed by atoms with E-state index >= 15 is 0 Å². The Bertz CT molecular complexity index is 752. The van der Waals surface area contributed by atoms with E-state index in [-0.39, 0.29) is 17.3 Å². The lowest BCUT2D eigenvalue weighted by molar-refractivity contribution is 0.0892. The van der Waals surface area contributed by atoms with Crippen molar-refractivity contribution in [3.05, 3.63) is 40.9 Å². The Morgan fingerprint density at radius 1 is 1.36 bits per heavy atom. The minimum absolute atomic E-state index is 0.170. The van der Waals surface area contributed by atoms with Crippen LogP contribution in [-0.4, -0.2) is 32.8 Å². The van der Waals surface area contributed by atoms with Crippen molar-refractivity contribution >= 4 is 17.5 Å². The monoisotopic (exact) mass is 361 g/mol. The summed E-state index contributed by atoms with van der Waals surface area (Å²) in [5, 5.41) is 8.08. The van der Waals surface area contributed by atoms with E-state index in [2.05, 4.69) is 22.3 Å². The van der Waals surface area contributed by atoms with Gasteiger partial charge in [-0.15, -0.1) is 5.10 Å². The molecule has 1 aromatic heterocycles. The largest absolute Gasteiger partial charge is 0.343 e. The molecule has 0 bridgehead atoms. The molecule has 0 atom stereocenters. The first-order chi connectivity index (χ1) is 12.1. The molecule has 25 heavy (non-hydrogen) atoms. The Kier molecular flexibility index (Phi) is 5.39. The number of amides is 1. The zero-order valence-electron chi connectivity index (χ0n) is 14.5. The van der Waals surface area contributed by atoms with Gasteiger partial charge in [0.1, 0.15) is 5.82 Å². The number of hydrogen-bond donors (Lipinski definition) is 2. The molecule has 0 unspecified atom stereocenters. The number of nitrogens with zero attached hydrogens (tertiary/aromatic N) is 3. The van der Waals surface area contributed by atoms with Crippen molar-refractivity contribution in [3.63, 3.8) is 0 Å². The van der Waals surface area contributed by atoms with Gasteiger partial charge in [-0.05, 0) is 31.4 Å². The number of nitrogens with two attached hydrogens (primary N) is 1. The van der Waals surface area contributed by atoms with Crippen molar-refractivity contribution < 1.29 is 4.79 Å². The molecule has 6 nitrogen and oxygen atoms in total. The molecule has 0 saturated heterocycles. The number of carbonyl (C=O) groups is 1. The lowest BCUT2D eigenvalue weighted by Gasteiger charge is -2.27. The molecule has 0 radical (unpaired) electrons. The van der Waals surface area contributed by atoms with Crippen LogP contribution in [0.25, 0.3) is 5.69 Å². The number of aromatic nitrogens is 3. The minimum Gasteiger partial charge on any atom is -0.343 e. The molecule has 1 fully saturated rings. The summed E-state index contributed by atoms with van der Waals surface area (Å²) in [6.07, 6.45) is 5.59. The fourth-order valence-electron chi connectivity index (χ4n) is 3.37. The summed E-state index contributed by atoms with van der Waals surface area (Å²) in [6.45, 7) is 2.50. The van der Waals surface area contributed by atoms with E-state index in [0.717, 1.165) is 43.6 Å². The fourth-order valence-corrected chi connectivity index (χ4v) is 3.59. The molecule has 1 heterocycles. The van der Waals surface area contributed by atoms with E-state index in [0.29, 0.717) is 18.0 Å². The topological polar surface area (TPSA) is 85.8 Å².